The Labute approximate surface area is 110 Å². The zero-order chi connectivity index (χ0) is 13.1. The highest BCUT2D eigenvalue weighted by molar-refractivity contribution is 5.39. The molecule has 0 amide bonds. The average Bonchev–Trinajstić information content (AvgIpc) is 2.40. The predicted octanol–water partition coefficient (Wildman–Crippen LogP) is 3.02. The van der Waals surface area contributed by atoms with Gasteiger partial charge in [-0.1, -0.05) is 31.6 Å². The third-order valence-electron chi connectivity index (χ3n) is 2.43. The van der Waals surface area contributed by atoms with Crippen LogP contribution in [0.25, 0.3) is 0 Å². The van der Waals surface area contributed by atoms with Crippen LogP contribution in [0, 0.1) is 0 Å². The van der Waals surface area contributed by atoms with Gasteiger partial charge in [0.15, 0.2) is 11.5 Å². The fraction of sp³-hybridized carbons (Fsp3) is 0.467. The summed E-state index contributed by atoms with van der Waals surface area (Å²) < 4.78 is 11.4. The van der Waals surface area contributed by atoms with Gasteiger partial charge < -0.3 is 14.8 Å². The summed E-state index contributed by atoms with van der Waals surface area (Å²) in [5.41, 5.74) is 0. The standard InChI is InChI=1S/C15H23NO2/c1-3-5-12-17-14-8-6-7-9-15(14)18-13-11-16-10-4-2/h4,6-9,16H,2-3,5,10-13H2,1H3. The summed E-state index contributed by atoms with van der Waals surface area (Å²) in [5.74, 6) is 1.64. The molecule has 0 radical (unpaired) electrons. The van der Waals surface area contributed by atoms with Crippen LogP contribution >= 0.6 is 0 Å². The van der Waals surface area contributed by atoms with Gasteiger partial charge in [-0.2, -0.15) is 0 Å². The fourth-order valence-corrected chi connectivity index (χ4v) is 1.45. The molecule has 0 aliphatic rings. The van der Waals surface area contributed by atoms with Crippen molar-refractivity contribution in [1.82, 2.24) is 5.32 Å². The van der Waals surface area contributed by atoms with Gasteiger partial charge in [-0.3, -0.25) is 0 Å². The van der Waals surface area contributed by atoms with Gasteiger partial charge in [-0.05, 0) is 18.6 Å². The van der Waals surface area contributed by atoms with Gasteiger partial charge in [-0.15, -0.1) is 6.58 Å². The Hall–Kier alpha value is -1.48. The molecule has 3 heteroatoms. The van der Waals surface area contributed by atoms with Crippen LogP contribution < -0.4 is 14.8 Å². The largest absolute Gasteiger partial charge is 0.490 e. The maximum Gasteiger partial charge on any atom is 0.161 e. The second kappa shape index (κ2) is 9.54. The van der Waals surface area contributed by atoms with Crippen LogP contribution in [-0.2, 0) is 0 Å². The summed E-state index contributed by atoms with van der Waals surface area (Å²) in [6, 6.07) is 7.81. The highest BCUT2D eigenvalue weighted by Gasteiger charge is 2.03. The Morgan fingerprint density at radius 1 is 1.17 bits per heavy atom. The third-order valence-corrected chi connectivity index (χ3v) is 2.43. The lowest BCUT2D eigenvalue weighted by Crippen LogP contribution is -2.21. The second-order valence-corrected chi connectivity index (χ2v) is 3.99. The van der Waals surface area contributed by atoms with Gasteiger partial charge in [-0.25, -0.2) is 0 Å². The predicted molar refractivity (Wildman–Crippen MR) is 75.4 cm³/mol. The highest BCUT2D eigenvalue weighted by atomic mass is 16.5. The first-order chi connectivity index (χ1) is 8.88. The molecule has 0 aromatic heterocycles. The van der Waals surface area contributed by atoms with Gasteiger partial charge >= 0.3 is 0 Å². The molecule has 1 N–H and O–H groups in total. The summed E-state index contributed by atoms with van der Waals surface area (Å²) >= 11 is 0. The quantitative estimate of drug-likeness (QED) is 0.511. The zero-order valence-corrected chi connectivity index (χ0v) is 11.2. The van der Waals surface area contributed by atoms with Gasteiger partial charge in [0, 0.05) is 13.1 Å². The van der Waals surface area contributed by atoms with Gasteiger partial charge in [0.05, 0.1) is 6.61 Å². The number of nitrogens with one attached hydrogen (secondary N) is 1. The molecule has 100 valence electrons. The summed E-state index contributed by atoms with van der Waals surface area (Å²) in [6.07, 6.45) is 4.03. The Bertz CT molecular complexity index is 339. The van der Waals surface area contributed by atoms with Crippen molar-refractivity contribution in [2.45, 2.75) is 19.8 Å². The van der Waals surface area contributed by atoms with E-state index in [-0.39, 0.29) is 0 Å². The van der Waals surface area contributed by atoms with E-state index in [4.69, 9.17) is 9.47 Å². The molecule has 18 heavy (non-hydrogen) atoms. The number of hydrogen-bond donors (Lipinski definition) is 1. The van der Waals surface area contributed by atoms with E-state index in [1.165, 1.54) is 0 Å². The first-order valence-corrected chi connectivity index (χ1v) is 6.54. The summed E-state index contributed by atoms with van der Waals surface area (Å²) in [4.78, 5) is 0. The molecular weight excluding hydrogens is 226 g/mol. The van der Waals surface area contributed by atoms with E-state index < -0.39 is 0 Å². The van der Waals surface area contributed by atoms with Crippen molar-refractivity contribution in [3.63, 3.8) is 0 Å². The van der Waals surface area contributed by atoms with Gasteiger partial charge in [0.2, 0.25) is 0 Å². The summed E-state index contributed by atoms with van der Waals surface area (Å²) in [6.45, 7) is 8.77. The molecular formula is C15H23NO2. The third kappa shape index (κ3) is 5.73. The smallest absolute Gasteiger partial charge is 0.161 e. The molecule has 1 aromatic carbocycles. The van der Waals surface area contributed by atoms with Gasteiger partial charge in [0.25, 0.3) is 0 Å². The first kappa shape index (κ1) is 14.6. The lowest BCUT2D eigenvalue weighted by molar-refractivity contribution is 0.265. The van der Waals surface area contributed by atoms with Crippen LogP contribution in [0.1, 0.15) is 19.8 Å². The molecule has 0 atom stereocenters. The van der Waals surface area contributed by atoms with E-state index in [2.05, 4.69) is 18.8 Å². The molecule has 0 fully saturated rings. The molecule has 0 aliphatic carbocycles. The van der Waals surface area contributed by atoms with E-state index in [9.17, 15) is 0 Å². The molecule has 0 bridgehead atoms. The van der Waals surface area contributed by atoms with Crippen molar-refractivity contribution in [3.8, 4) is 11.5 Å². The Morgan fingerprint density at radius 3 is 2.44 bits per heavy atom. The number of benzene rings is 1. The van der Waals surface area contributed by atoms with Gasteiger partial charge in [0.1, 0.15) is 6.61 Å². The van der Waals surface area contributed by atoms with Crippen LogP contribution in [0.15, 0.2) is 36.9 Å². The minimum Gasteiger partial charge on any atom is -0.490 e. The van der Waals surface area contributed by atoms with Crippen molar-refractivity contribution < 1.29 is 9.47 Å². The number of hydrogen-bond acceptors (Lipinski definition) is 3. The SMILES string of the molecule is C=CCNCCOc1ccccc1OCCCC. The second-order valence-electron chi connectivity index (χ2n) is 3.99. The van der Waals surface area contributed by atoms with E-state index in [1.807, 2.05) is 30.3 Å². The maximum atomic E-state index is 5.69. The molecule has 0 heterocycles. The minimum absolute atomic E-state index is 0.627. The minimum atomic E-state index is 0.627. The topological polar surface area (TPSA) is 30.5 Å². The van der Waals surface area contributed by atoms with Crippen LogP contribution in [-0.4, -0.2) is 26.3 Å². The van der Waals surface area contributed by atoms with Crippen LogP contribution in [0.2, 0.25) is 0 Å². The Kier molecular flexibility index (Phi) is 7.73. The molecule has 0 aliphatic heterocycles. The van der Waals surface area contributed by atoms with E-state index in [1.54, 1.807) is 0 Å². The molecule has 1 aromatic rings. The molecule has 0 spiro atoms. The van der Waals surface area contributed by atoms with E-state index in [0.29, 0.717) is 6.61 Å². The van der Waals surface area contributed by atoms with Crippen LogP contribution in [0.4, 0.5) is 0 Å². The number of unbranched alkanes of at least 4 members (excludes halogenated alkanes) is 1. The van der Waals surface area contributed by atoms with Crippen molar-refractivity contribution >= 4 is 0 Å². The van der Waals surface area contributed by atoms with Crippen molar-refractivity contribution in [2.75, 3.05) is 26.3 Å². The van der Waals surface area contributed by atoms with Crippen molar-refractivity contribution in [1.29, 1.82) is 0 Å². The zero-order valence-electron chi connectivity index (χ0n) is 11.2. The Balaban J connectivity index is 2.36. The average molecular weight is 249 g/mol. The first-order valence-electron chi connectivity index (χ1n) is 6.54. The molecule has 0 saturated carbocycles. The molecule has 1 rings (SSSR count). The summed E-state index contributed by atoms with van der Waals surface area (Å²) in [5, 5.41) is 3.19. The lowest BCUT2D eigenvalue weighted by Gasteiger charge is -2.12. The number of rotatable bonds is 10. The maximum absolute atomic E-state index is 5.69. The van der Waals surface area contributed by atoms with E-state index in [0.717, 1.165) is 44.0 Å². The van der Waals surface area contributed by atoms with Crippen LogP contribution in [0.3, 0.4) is 0 Å². The molecule has 0 unspecified atom stereocenters. The normalized spacial score (nSPS) is 10.1. The molecule has 0 saturated heterocycles. The monoisotopic (exact) mass is 249 g/mol. The van der Waals surface area contributed by atoms with Crippen molar-refractivity contribution in [3.05, 3.63) is 36.9 Å². The van der Waals surface area contributed by atoms with Crippen LogP contribution in [0.5, 0.6) is 11.5 Å². The highest BCUT2D eigenvalue weighted by Crippen LogP contribution is 2.26. The number of ether oxygens (including phenoxy) is 2. The lowest BCUT2D eigenvalue weighted by atomic mass is 10.3. The Morgan fingerprint density at radius 2 is 1.83 bits per heavy atom. The molecule has 3 nitrogen and oxygen atoms in total. The fourth-order valence-electron chi connectivity index (χ4n) is 1.45. The van der Waals surface area contributed by atoms with Crippen molar-refractivity contribution in [2.24, 2.45) is 0 Å². The summed E-state index contributed by atoms with van der Waals surface area (Å²) in [7, 11) is 0. The van der Waals surface area contributed by atoms with E-state index >= 15 is 0 Å². The number of para-hydroxylation sites is 2.